The summed E-state index contributed by atoms with van der Waals surface area (Å²) in [5.41, 5.74) is 1.98. The van der Waals surface area contributed by atoms with Crippen LogP contribution in [0.4, 0.5) is 11.5 Å². The summed E-state index contributed by atoms with van der Waals surface area (Å²) in [4.78, 5) is 12.5. The molecule has 0 aliphatic carbocycles. The molecule has 3 rings (SSSR count). The van der Waals surface area contributed by atoms with Crippen molar-refractivity contribution in [2.75, 3.05) is 5.32 Å². The van der Waals surface area contributed by atoms with Crippen LogP contribution in [0.15, 0.2) is 54.6 Å². The van der Waals surface area contributed by atoms with Crippen molar-refractivity contribution in [1.29, 1.82) is 0 Å². The normalized spacial score (nSPS) is 11.8. The molecule has 7 heteroatoms. The highest BCUT2D eigenvalue weighted by Crippen LogP contribution is 2.20. The van der Waals surface area contributed by atoms with Crippen molar-refractivity contribution in [3.05, 3.63) is 70.9 Å². The number of hydrogen-bond acceptors (Lipinski definition) is 4. The van der Waals surface area contributed by atoms with Crippen LogP contribution < -0.4 is 10.6 Å². The molecule has 122 valence electrons. The van der Waals surface area contributed by atoms with Crippen LogP contribution in [0.2, 0.25) is 5.02 Å². The average Bonchev–Trinajstić information content (AvgIpc) is 3.06. The molecule has 0 spiro atoms. The molecule has 0 bridgehead atoms. The van der Waals surface area contributed by atoms with E-state index in [1.54, 1.807) is 24.3 Å². The second-order valence-corrected chi connectivity index (χ2v) is 5.69. The number of nitrogens with one attached hydrogen (secondary N) is 3. The maximum atomic E-state index is 12.5. The first-order valence-corrected chi connectivity index (χ1v) is 7.80. The van der Waals surface area contributed by atoms with Gasteiger partial charge in [-0.25, -0.2) is 0 Å². The zero-order valence-electron chi connectivity index (χ0n) is 13.0. The Morgan fingerprint density at radius 2 is 1.79 bits per heavy atom. The molecule has 0 unspecified atom stereocenters. The number of carbonyl (C=O) groups is 1. The van der Waals surface area contributed by atoms with Crippen molar-refractivity contribution in [1.82, 2.24) is 20.7 Å². The number of anilines is 2. The summed E-state index contributed by atoms with van der Waals surface area (Å²) >= 11 is 5.86. The van der Waals surface area contributed by atoms with Crippen molar-refractivity contribution in [3.8, 4) is 0 Å². The van der Waals surface area contributed by atoms with Gasteiger partial charge in [0.15, 0.2) is 11.5 Å². The number of aromatic nitrogens is 3. The number of nitrogens with zero attached hydrogens (tertiary/aromatic N) is 2. The van der Waals surface area contributed by atoms with Gasteiger partial charge in [-0.2, -0.15) is 5.21 Å². The molecule has 1 amide bonds. The first-order chi connectivity index (χ1) is 11.6. The maximum absolute atomic E-state index is 12.5. The van der Waals surface area contributed by atoms with Crippen LogP contribution in [0.5, 0.6) is 0 Å². The third-order valence-electron chi connectivity index (χ3n) is 3.52. The van der Waals surface area contributed by atoms with Crippen LogP contribution in [0, 0.1) is 0 Å². The lowest BCUT2D eigenvalue weighted by molar-refractivity contribution is 0.0935. The monoisotopic (exact) mass is 341 g/mol. The maximum Gasteiger partial charge on any atom is 0.276 e. The number of halogens is 1. The van der Waals surface area contributed by atoms with Gasteiger partial charge in [0.25, 0.3) is 5.91 Å². The fraction of sp³-hybridized carbons (Fsp3) is 0.118. The van der Waals surface area contributed by atoms with Gasteiger partial charge in [0.1, 0.15) is 0 Å². The lowest BCUT2D eigenvalue weighted by Crippen LogP contribution is -2.27. The van der Waals surface area contributed by atoms with Gasteiger partial charge in [0.2, 0.25) is 0 Å². The van der Waals surface area contributed by atoms with Crippen molar-refractivity contribution in [2.45, 2.75) is 13.0 Å². The molecule has 3 N–H and O–H groups in total. The van der Waals surface area contributed by atoms with Crippen molar-refractivity contribution in [3.63, 3.8) is 0 Å². The summed E-state index contributed by atoms with van der Waals surface area (Å²) in [5, 5.41) is 17.0. The van der Waals surface area contributed by atoms with E-state index in [-0.39, 0.29) is 17.6 Å². The molecule has 6 nitrogen and oxygen atoms in total. The Hall–Kier alpha value is -2.86. The number of rotatable bonds is 5. The Labute approximate surface area is 144 Å². The lowest BCUT2D eigenvalue weighted by atomic mass is 10.1. The van der Waals surface area contributed by atoms with E-state index >= 15 is 0 Å². The van der Waals surface area contributed by atoms with E-state index < -0.39 is 0 Å². The largest absolute Gasteiger partial charge is 0.344 e. The first kappa shape index (κ1) is 16.0. The van der Waals surface area contributed by atoms with Crippen LogP contribution in [-0.4, -0.2) is 21.3 Å². The van der Waals surface area contributed by atoms with Gasteiger partial charge in [0.05, 0.1) is 6.04 Å². The van der Waals surface area contributed by atoms with E-state index in [2.05, 4.69) is 26.0 Å². The zero-order chi connectivity index (χ0) is 16.9. The predicted octanol–water partition coefficient (Wildman–Crippen LogP) is 3.69. The van der Waals surface area contributed by atoms with Gasteiger partial charge in [-0.3, -0.25) is 4.79 Å². The van der Waals surface area contributed by atoms with Crippen molar-refractivity contribution >= 4 is 29.0 Å². The minimum atomic E-state index is -0.309. The first-order valence-electron chi connectivity index (χ1n) is 7.42. The molecule has 2 aromatic carbocycles. The van der Waals surface area contributed by atoms with Gasteiger partial charge < -0.3 is 10.6 Å². The molecule has 0 saturated heterocycles. The fourth-order valence-electron chi connectivity index (χ4n) is 2.24. The highest BCUT2D eigenvalue weighted by atomic mass is 35.5. The zero-order valence-corrected chi connectivity index (χ0v) is 13.7. The molecular weight excluding hydrogens is 326 g/mol. The minimum absolute atomic E-state index is 0.140. The highest BCUT2D eigenvalue weighted by Gasteiger charge is 2.19. The van der Waals surface area contributed by atoms with Gasteiger partial charge in [-0.1, -0.05) is 41.9 Å². The molecule has 0 saturated carbocycles. The Bertz CT molecular complexity index is 817. The topological polar surface area (TPSA) is 82.7 Å². The minimum Gasteiger partial charge on any atom is -0.344 e. The molecule has 1 atom stereocenters. The van der Waals surface area contributed by atoms with E-state index in [0.29, 0.717) is 10.8 Å². The van der Waals surface area contributed by atoms with Gasteiger partial charge >= 0.3 is 0 Å². The SMILES string of the molecule is C[C@@H](NC(=O)c1n[nH]nc1Nc1ccc(Cl)cc1)c1ccccc1. The van der Waals surface area contributed by atoms with Crippen LogP contribution >= 0.6 is 11.6 Å². The van der Waals surface area contributed by atoms with E-state index in [9.17, 15) is 4.79 Å². The lowest BCUT2D eigenvalue weighted by Gasteiger charge is -2.13. The molecule has 24 heavy (non-hydrogen) atoms. The fourth-order valence-corrected chi connectivity index (χ4v) is 2.36. The Morgan fingerprint density at radius 1 is 1.08 bits per heavy atom. The van der Waals surface area contributed by atoms with Crippen molar-refractivity contribution in [2.24, 2.45) is 0 Å². The van der Waals surface area contributed by atoms with E-state index in [4.69, 9.17) is 11.6 Å². The Balaban J connectivity index is 1.72. The number of carbonyl (C=O) groups excluding carboxylic acids is 1. The molecule has 0 aliphatic rings. The molecular formula is C17H16ClN5O. The standard InChI is InChI=1S/C17H16ClN5O/c1-11(12-5-3-2-4-6-12)19-17(24)15-16(22-23-21-15)20-14-9-7-13(18)8-10-14/h2-11H,1H3,(H,19,24)(H2,20,21,22,23)/t11-/m1/s1. The summed E-state index contributed by atoms with van der Waals surface area (Å²) < 4.78 is 0. The van der Waals surface area contributed by atoms with Gasteiger partial charge in [-0.05, 0) is 36.8 Å². The predicted molar refractivity (Wildman–Crippen MR) is 93.4 cm³/mol. The molecule has 1 heterocycles. The van der Waals surface area contributed by atoms with Gasteiger partial charge in [0, 0.05) is 10.7 Å². The smallest absolute Gasteiger partial charge is 0.276 e. The average molecular weight is 342 g/mol. The summed E-state index contributed by atoms with van der Waals surface area (Å²) in [6.07, 6.45) is 0. The molecule has 0 fully saturated rings. The van der Waals surface area contributed by atoms with Crippen LogP contribution in [0.25, 0.3) is 0 Å². The number of hydrogen-bond donors (Lipinski definition) is 3. The highest BCUT2D eigenvalue weighted by molar-refractivity contribution is 6.30. The number of benzene rings is 2. The summed E-state index contributed by atoms with van der Waals surface area (Å²) in [7, 11) is 0. The quantitative estimate of drug-likeness (QED) is 0.661. The summed E-state index contributed by atoms with van der Waals surface area (Å²) in [6.45, 7) is 1.92. The van der Waals surface area contributed by atoms with Crippen LogP contribution in [0.3, 0.4) is 0 Å². The van der Waals surface area contributed by atoms with E-state index in [0.717, 1.165) is 11.3 Å². The van der Waals surface area contributed by atoms with Crippen LogP contribution in [0.1, 0.15) is 29.0 Å². The van der Waals surface area contributed by atoms with E-state index in [1.807, 2.05) is 37.3 Å². The second-order valence-electron chi connectivity index (χ2n) is 5.26. The summed E-state index contributed by atoms with van der Waals surface area (Å²) in [6, 6.07) is 16.7. The second kappa shape index (κ2) is 7.14. The van der Waals surface area contributed by atoms with Crippen molar-refractivity contribution < 1.29 is 4.79 Å². The van der Waals surface area contributed by atoms with Gasteiger partial charge in [-0.15, -0.1) is 10.2 Å². The number of amides is 1. The number of aromatic amines is 1. The Kier molecular flexibility index (Phi) is 4.77. The van der Waals surface area contributed by atoms with E-state index in [1.165, 1.54) is 0 Å². The summed E-state index contributed by atoms with van der Waals surface area (Å²) in [5.74, 6) is 0.0478. The molecule has 3 aromatic rings. The third-order valence-corrected chi connectivity index (χ3v) is 3.77. The third kappa shape index (κ3) is 3.72. The number of H-pyrrole nitrogens is 1. The Morgan fingerprint density at radius 3 is 2.50 bits per heavy atom. The molecule has 0 radical (unpaired) electrons. The molecule has 0 aliphatic heterocycles. The molecule has 1 aromatic heterocycles. The van der Waals surface area contributed by atoms with Crippen LogP contribution in [-0.2, 0) is 0 Å².